The zero-order chi connectivity index (χ0) is 20.1. The third-order valence-electron chi connectivity index (χ3n) is 4.41. The summed E-state index contributed by atoms with van der Waals surface area (Å²) in [5, 5.41) is 2.85. The van der Waals surface area contributed by atoms with Crippen molar-refractivity contribution in [3.63, 3.8) is 0 Å². The molecular weight excluding hydrogens is 358 g/mol. The van der Waals surface area contributed by atoms with E-state index in [1.807, 2.05) is 36.9 Å². The minimum Gasteiger partial charge on any atom is -0.489 e. The summed E-state index contributed by atoms with van der Waals surface area (Å²) < 4.78 is 5.73. The second kappa shape index (κ2) is 8.69. The van der Waals surface area contributed by atoms with Gasteiger partial charge in [0.05, 0.1) is 17.4 Å². The van der Waals surface area contributed by atoms with Crippen LogP contribution in [0.3, 0.4) is 0 Å². The lowest BCUT2D eigenvalue weighted by Crippen LogP contribution is -2.48. The number of piperazine rings is 1. The van der Waals surface area contributed by atoms with Gasteiger partial charge in [-0.15, -0.1) is 0 Å². The molecule has 1 N–H and O–H groups in total. The van der Waals surface area contributed by atoms with Crippen molar-refractivity contribution in [3.8, 4) is 5.75 Å². The molecule has 148 valence electrons. The molecule has 2 amide bonds. The van der Waals surface area contributed by atoms with Gasteiger partial charge in [0.1, 0.15) is 5.75 Å². The number of benzene rings is 1. The molecule has 0 radical (unpaired) electrons. The molecule has 0 bridgehead atoms. The van der Waals surface area contributed by atoms with Gasteiger partial charge in [-0.1, -0.05) is 12.1 Å². The highest BCUT2D eigenvalue weighted by Gasteiger charge is 2.20. The highest BCUT2D eigenvalue weighted by atomic mass is 16.5. The number of para-hydroxylation sites is 2. The summed E-state index contributed by atoms with van der Waals surface area (Å²) in [5.74, 6) is 0.956. The fraction of sp³-hybridized carbons (Fsp3) is 0.400. The number of hydrogen-bond donors (Lipinski definition) is 1. The predicted octanol–water partition coefficient (Wildman–Crippen LogP) is 2.18. The van der Waals surface area contributed by atoms with Crippen LogP contribution in [0.4, 0.5) is 11.6 Å². The van der Waals surface area contributed by atoms with Crippen molar-refractivity contribution in [2.75, 3.05) is 36.4 Å². The van der Waals surface area contributed by atoms with Crippen molar-refractivity contribution in [2.45, 2.75) is 26.9 Å². The highest BCUT2D eigenvalue weighted by Crippen LogP contribution is 2.25. The van der Waals surface area contributed by atoms with Gasteiger partial charge in [0.2, 0.25) is 11.9 Å². The van der Waals surface area contributed by atoms with E-state index in [0.717, 1.165) is 0 Å². The van der Waals surface area contributed by atoms with Gasteiger partial charge in [-0.25, -0.2) is 9.97 Å². The Labute approximate surface area is 164 Å². The largest absolute Gasteiger partial charge is 0.489 e. The molecule has 0 saturated carbocycles. The lowest BCUT2D eigenvalue weighted by molar-refractivity contribution is -0.129. The molecular formula is C20H25N5O3. The van der Waals surface area contributed by atoms with Crippen molar-refractivity contribution < 1.29 is 14.3 Å². The fourth-order valence-electron chi connectivity index (χ4n) is 2.94. The second-order valence-corrected chi connectivity index (χ2v) is 6.88. The number of nitrogens with one attached hydrogen (secondary N) is 1. The van der Waals surface area contributed by atoms with E-state index in [0.29, 0.717) is 49.1 Å². The van der Waals surface area contributed by atoms with E-state index in [2.05, 4.69) is 15.3 Å². The molecule has 0 unspecified atom stereocenters. The minimum absolute atomic E-state index is 0.00383. The molecule has 1 fully saturated rings. The highest BCUT2D eigenvalue weighted by molar-refractivity contribution is 6.04. The Balaban J connectivity index is 1.64. The molecule has 1 aliphatic rings. The first-order valence-corrected chi connectivity index (χ1v) is 9.33. The van der Waals surface area contributed by atoms with E-state index in [4.69, 9.17) is 4.74 Å². The first-order valence-electron chi connectivity index (χ1n) is 9.33. The summed E-state index contributed by atoms with van der Waals surface area (Å²) in [4.78, 5) is 36.4. The molecule has 1 aliphatic heterocycles. The van der Waals surface area contributed by atoms with Gasteiger partial charge in [-0.2, -0.15) is 0 Å². The Morgan fingerprint density at radius 3 is 2.32 bits per heavy atom. The summed E-state index contributed by atoms with van der Waals surface area (Å²) in [6.45, 7) is 8.07. The van der Waals surface area contributed by atoms with Gasteiger partial charge < -0.3 is 19.9 Å². The van der Waals surface area contributed by atoms with E-state index >= 15 is 0 Å². The molecule has 8 heteroatoms. The number of amides is 2. The number of hydrogen-bond acceptors (Lipinski definition) is 6. The van der Waals surface area contributed by atoms with E-state index in [1.54, 1.807) is 17.9 Å². The number of anilines is 2. The Morgan fingerprint density at radius 2 is 1.71 bits per heavy atom. The molecule has 1 aromatic heterocycles. The first kappa shape index (κ1) is 19.6. The maximum Gasteiger partial charge on any atom is 0.258 e. The maximum atomic E-state index is 12.6. The molecule has 28 heavy (non-hydrogen) atoms. The topological polar surface area (TPSA) is 87.7 Å². The quantitative estimate of drug-likeness (QED) is 0.852. The van der Waals surface area contributed by atoms with Crippen LogP contribution < -0.4 is 15.0 Å². The van der Waals surface area contributed by atoms with Gasteiger partial charge in [0.25, 0.3) is 5.91 Å². The normalized spacial score (nSPS) is 14.1. The van der Waals surface area contributed by atoms with Crippen LogP contribution in [0.1, 0.15) is 31.1 Å². The number of ether oxygens (including phenoxy) is 1. The number of aromatic nitrogens is 2. The number of carbonyl (C=O) groups is 2. The van der Waals surface area contributed by atoms with Crippen LogP contribution in [0, 0.1) is 0 Å². The molecule has 2 heterocycles. The lowest BCUT2D eigenvalue weighted by atomic mass is 10.2. The molecule has 8 nitrogen and oxygen atoms in total. The smallest absolute Gasteiger partial charge is 0.258 e. The Kier molecular flexibility index (Phi) is 6.08. The maximum absolute atomic E-state index is 12.6. The van der Waals surface area contributed by atoms with Crippen LogP contribution in [-0.4, -0.2) is 59.0 Å². The number of carbonyl (C=O) groups excluding carboxylic acids is 2. The zero-order valence-corrected chi connectivity index (χ0v) is 16.4. The third kappa shape index (κ3) is 4.76. The average molecular weight is 383 g/mol. The predicted molar refractivity (Wildman–Crippen MR) is 107 cm³/mol. The summed E-state index contributed by atoms with van der Waals surface area (Å²) in [6, 6.07) is 7.30. The van der Waals surface area contributed by atoms with Gasteiger partial charge in [-0.05, 0) is 26.0 Å². The van der Waals surface area contributed by atoms with Crippen molar-refractivity contribution in [3.05, 3.63) is 42.2 Å². The van der Waals surface area contributed by atoms with Crippen LogP contribution in [-0.2, 0) is 4.79 Å². The third-order valence-corrected chi connectivity index (χ3v) is 4.41. The Bertz CT molecular complexity index is 830. The average Bonchev–Trinajstić information content (AvgIpc) is 2.69. The summed E-state index contributed by atoms with van der Waals surface area (Å²) >= 11 is 0. The standard InChI is InChI=1S/C20H25N5O3/c1-14(2)28-18-7-5-4-6-17(18)23-19(27)16-12-21-20(22-13-16)25-10-8-24(9-11-25)15(3)26/h4-7,12-14H,8-11H2,1-3H3,(H,23,27). The van der Waals surface area contributed by atoms with Crippen LogP contribution in [0.5, 0.6) is 5.75 Å². The van der Waals surface area contributed by atoms with E-state index in [-0.39, 0.29) is 17.9 Å². The van der Waals surface area contributed by atoms with Crippen LogP contribution >= 0.6 is 0 Å². The minimum atomic E-state index is -0.298. The van der Waals surface area contributed by atoms with Crippen molar-refractivity contribution in [1.29, 1.82) is 0 Å². The monoisotopic (exact) mass is 383 g/mol. The SMILES string of the molecule is CC(=O)N1CCN(c2ncc(C(=O)Nc3ccccc3OC(C)C)cn2)CC1. The van der Waals surface area contributed by atoms with Crippen LogP contribution in [0.25, 0.3) is 0 Å². The Hall–Kier alpha value is -3.16. The van der Waals surface area contributed by atoms with Crippen LogP contribution in [0.15, 0.2) is 36.7 Å². The van der Waals surface area contributed by atoms with Gasteiger partial charge in [0.15, 0.2) is 0 Å². The Morgan fingerprint density at radius 1 is 1.07 bits per heavy atom. The molecule has 1 aromatic carbocycles. The summed E-state index contributed by atoms with van der Waals surface area (Å²) in [6.07, 6.45) is 3.03. The number of rotatable bonds is 5. The van der Waals surface area contributed by atoms with E-state index in [9.17, 15) is 9.59 Å². The summed E-state index contributed by atoms with van der Waals surface area (Å²) in [5.41, 5.74) is 0.969. The van der Waals surface area contributed by atoms with Gasteiger partial charge >= 0.3 is 0 Å². The lowest BCUT2D eigenvalue weighted by Gasteiger charge is -2.34. The first-order chi connectivity index (χ1) is 13.4. The van der Waals surface area contributed by atoms with Gasteiger partial charge in [0, 0.05) is 45.5 Å². The fourth-order valence-corrected chi connectivity index (χ4v) is 2.94. The number of nitrogens with zero attached hydrogens (tertiary/aromatic N) is 4. The second-order valence-electron chi connectivity index (χ2n) is 6.88. The molecule has 0 atom stereocenters. The molecule has 0 aliphatic carbocycles. The summed E-state index contributed by atoms with van der Waals surface area (Å²) in [7, 11) is 0. The van der Waals surface area contributed by atoms with E-state index in [1.165, 1.54) is 12.4 Å². The van der Waals surface area contributed by atoms with Crippen molar-refractivity contribution in [1.82, 2.24) is 14.9 Å². The van der Waals surface area contributed by atoms with Gasteiger partial charge in [-0.3, -0.25) is 9.59 Å². The molecule has 0 spiro atoms. The molecule has 2 aromatic rings. The van der Waals surface area contributed by atoms with E-state index < -0.39 is 0 Å². The van der Waals surface area contributed by atoms with Crippen LogP contribution in [0.2, 0.25) is 0 Å². The van der Waals surface area contributed by atoms with Crippen molar-refractivity contribution >= 4 is 23.5 Å². The van der Waals surface area contributed by atoms with Crippen molar-refractivity contribution in [2.24, 2.45) is 0 Å². The zero-order valence-electron chi connectivity index (χ0n) is 16.4. The molecule has 3 rings (SSSR count). The molecule has 1 saturated heterocycles.